The largest absolute Gasteiger partial charge is 0.479 e. The van der Waals surface area contributed by atoms with E-state index in [2.05, 4.69) is 37.2 Å². The van der Waals surface area contributed by atoms with Gasteiger partial charge in [-0.1, -0.05) is 0 Å². The summed E-state index contributed by atoms with van der Waals surface area (Å²) in [5.74, 6) is 0.415. The Balaban J connectivity index is 2.03. The van der Waals surface area contributed by atoms with Crippen molar-refractivity contribution in [3.05, 3.63) is 43.5 Å². The number of hydrogen-bond donors (Lipinski definition) is 1. The lowest BCUT2D eigenvalue weighted by molar-refractivity contribution is 0.103. The monoisotopic (exact) mass is 414 g/mol. The molecule has 20 heavy (non-hydrogen) atoms. The number of carbonyl (C=O) groups is 1. The summed E-state index contributed by atoms with van der Waals surface area (Å²) < 4.78 is 6.87. The average Bonchev–Trinajstić information content (AvgIpc) is 2.78. The summed E-state index contributed by atoms with van der Waals surface area (Å²) in [6, 6.07) is 10.5. The van der Waals surface area contributed by atoms with Crippen molar-refractivity contribution in [1.82, 2.24) is 0 Å². The minimum atomic E-state index is -0.174. The van der Waals surface area contributed by atoms with Crippen molar-refractivity contribution in [2.24, 2.45) is 0 Å². The molecule has 1 N–H and O–H groups in total. The van der Waals surface area contributed by atoms with Crippen molar-refractivity contribution in [3.8, 4) is 11.8 Å². The zero-order valence-electron chi connectivity index (χ0n) is 10.0. The van der Waals surface area contributed by atoms with Gasteiger partial charge >= 0.3 is 0 Å². The van der Waals surface area contributed by atoms with Crippen LogP contribution in [-0.2, 0) is 0 Å². The Bertz CT molecular complexity index is 643. The molecule has 0 aliphatic rings. The van der Waals surface area contributed by atoms with Crippen LogP contribution in [0.4, 0.5) is 5.69 Å². The number of carbonyl (C=O) groups excluding carboxylic acids is 1. The van der Waals surface area contributed by atoms with Gasteiger partial charge in [-0.2, -0.15) is 5.26 Å². The summed E-state index contributed by atoms with van der Waals surface area (Å²) in [6.07, 6.45) is 0. The normalized spacial score (nSPS) is 9.85. The number of nitrogens with zero attached hydrogens (tertiary/aromatic N) is 1. The lowest BCUT2D eigenvalue weighted by Gasteiger charge is -2.05. The van der Waals surface area contributed by atoms with Gasteiger partial charge in [0.1, 0.15) is 11.8 Å². The highest BCUT2D eigenvalue weighted by Crippen LogP contribution is 2.32. The van der Waals surface area contributed by atoms with Gasteiger partial charge in [0, 0.05) is 10.2 Å². The maximum Gasteiger partial charge on any atom is 0.265 e. The second-order valence-corrected chi connectivity index (χ2v) is 6.88. The van der Waals surface area contributed by atoms with Gasteiger partial charge < -0.3 is 10.1 Å². The molecule has 102 valence electrons. The van der Waals surface area contributed by atoms with Crippen LogP contribution in [0.2, 0.25) is 0 Å². The number of ether oxygens (including phenoxy) is 1. The third kappa shape index (κ3) is 3.82. The van der Waals surface area contributed by atoms with E-state index in [-0.39, 0.29) is 12.5 Å². The number of nitrogens with one attached hydrogen (secondary N) is 1. The number of halogens is 2. The summed E-state index contributed by atoms with van der Waals surface area (Å²) in [7, 11) is 0. The molecule has 0 spiro atoms. The molecule has 1 heterocycles. The lowest BCUT2D eigenvalue weighted by Crippen LogP contribution is -2.09. The number of thiophene rings is 1. The van der Waals surface area contributed by atoms with E-state index < -0.39 is 0 Å². The fraction of sp³-hybridized carbons (Fsp3) is 0.0769. The van der Waals surface area contributed by atoms with Crippen LogP contribution < -0.4 is 10.1 Å². The van der Waals surface area contributed by atoms with Crippen LogP contribution in [0.25, 0.3) is 0 Å². The van der Waals surface area contributed by atoms with Crippen molar-refractivity contribution < 1.29 is 9.53 Å². The molecule has 0 aliphatic carbocycles. The van der Waals surface area contributed by atoms with Gasteiger partial charge in [0.25, 0.3) is 5.91 Å². The fourth-order valence-electron chi connectivity index (χ4n) is 1.40. The highest BCUT2D eigenvalue weighted by Gasteiger charge is 2.12. The molecule has 0 bridgehead atoms. The number of rotatable bonds is 4. The quantitative estimate of drug-likeness (QED) is 0.803. The highest BCUT2D eigenvalue weighted by molar-refractivity contribution is 9.13. The van der Waals surface area contributed by atoms with Crippen molar-refractivity contribution in [2.75, 3.05) is 11.9 Å². The van der Waals surface area contributed by atoms with E-state index in [9.17, 15) is 4.79 Å². The Hall–Kier alpha value is -1.36. The summed E-state index contributed by atoms with van der Waals surface area (Å²) in [5.41, 5.74) is 0.667. The first-order chi connectivity index (χ1) is 9.60. The molecule has 2 aromatic rings. The Labute approximate surface area is 136 Å². The minimum Gasteiger partial charge on any atom is -0.479 e. The fourth-order valence-corrected chi connectivity index (χ4v) is 3.33. The molecular weight excluding hydrogens is 408 g/mol. The van der Waals surface area contributed by atoms with E-state index in [1.807, 2.05) is 6.07 Å². The predicted octanol–water partition coefficient (Wildman–Crippen LogP) is 4.43. The molecule has 0 aliphatic heterocycles. The number of amides is 1. The predicted molar refractivity (Wildman–Crippen MR) is 85.2 cm³/mol. The number of hydrogen-bond acceptors (Lipinski definition) is 4. The standard InChI is InChI=1S/C13H8Br2N2O2S/c14-10-7-11(20-12(10)15)13(18)17-8-1-3-9(4-2-8)19-6-5-16/h1-4,7H,6H2,(H,17,18). The summed E-state index contributed by atoms with van der Waals surface area (Å²) in [6.45, 7) is 0.00293. The Morgan fingerprint density at radius 2 is 2.05 bits per heavy atom. The second-order valence-electron chi connectivity index (χ2n) is 3.66. The molecule has 2 rings (SSSR count). The Kier molecular flexibility index (Phi) is 5.17. The van der Waals surface area contributed by atoms with E-state index in [4.69, 9.17) is 10.00 Å². The summed E-state index contributed by atoms with van der Waals surface area (Å²) in [4.78, 5) is 12.6. The Morgan fingerprint density at radius 3 is 2.60 bits per heavy atom. The van der Waals surface area contributed by atoms with Crippen molar-refractivity contribution >= 4 is 54.8 Å². The van der Waals surface area contributed by atoms with Gasteiger partial charge in [-0.15, -0.1) is 11.3 Å². The maximum atomic E-state index is 12.0. The van der Waals surface area contributed by atoms with Gasteiger partial charge in [0.15, 0.2) is 6.61 Å². The third-order valence-corrected chi connectivity index (χ3v) is 5.54. The third-order valence-electron chi connectivity index (χ3n) is 2.28. The van der Waals surface area contributed by atoms with E-state index in [0.29, 0.717) is 16.3 Å². The molecule has 4 nitrogen and oxygen atoms in total. The topological polar surface area (TPSA) is 62.1 Å². The lowest BCUT2D eigenvalue weighted by atomic mass is 10.3. The number of nitriles is 1. The van der Waals surface area contributed by atoms with E-state index in [1.54, 1.807) is 30.3 Å². The van der Waals surface area contributed by atoms with Crippen molar-refractivity contribution in [1.29, 1.82) is 5.26 Å². The van der Waals surface area contributed by atoms with Crippen LogP contribution in [0.5, 0.6) is 5.75 Å². The molecule has 1 amide bonds. The first-order valence-electron chi connectivity index (χ1n) is 5.46. The van der Waals surface area contributed by atoms with Gasteiger partial charge in [-0.25, -0.2) is 0 Å². The minimum absolute atomic E-state index is 0.00293. The zero-order chi connectivity index (χ0) is 14.5. The molecule has 0 fully saturated rings. The van der Waals surface area contributed by atoms with Crippen LogP contribution in [0.15, 0.2) is 38.6 Å². The number of benzene rings is 1. The van der Waals surface area contributed by atoms with Crippen LogP contribution >= 0.6 is 43.2 Å². The molecule has 0 unspecified atom stereocenters. The molecule has 0 atom stereocenters. The van der Waals surface area contributed by atoms with Crippen LogP contribution in [0.3, 0.4) is 0 Å². The molecule has 0 saturated heterocycles. The molecule has 0 saturated carbocycles. The van der Waals surface area contributed by atoms with E-state index in [1.165, 1.54) is 11.3 Å². The molecule has 7 heteroatoms. The molecule has 0 radical (unpaired) electrons. The Morgan fingerprint density at radius 1 is 1.35 bits per heavy atom. The van der Waals surface area contributed by atoms with Gasteiger partial charge in [0.2, 0.25) is 0 Å². The van der Waals surface area contributed by atoms with Crippen molar-refractivity contribution in [3.63, 3.8) is 0 Å². The van der Waals surface area contributed by atoms with Gasteiger partial charge in [-0.05, 0) is 62.2 Å². The highest BCUT2D eigenvalue weighted by atomic mass is 79.9. The average molecular weight is 416 g/mol. The van der Waals surface area contributed by atoms with Crippen LogP contribution in [-0.4, -0.2) is 12.5 Å². The van der Waals surface area contributed by atoms with Crippen LogP contribution in [0, 0.1) is 11.3 Å². The van der Waals surface area contributed by atoms with Gasteiger partial charge in [0.05, 0.1) is 8.66 Å². The van der Waals surface area contributed by atoms with Crippen molar-refractivity contribution in [2.45, 2.75) is 0 Å². The van der Waals surface area contributed by atoms with Crippen LogP contribution in [0.1, 0.15) is 9.67 Å². The first-order valence-corrected chi connectivity index (χ1v) is 7.86. The molecular formula is C13H8Br2N2O2S. The first kappa shape index (κ1) is 15.0. The number of anilines is 1. The molecule has 1 aromatic carbocycles. The molecule has 1 aromatic heterocycles. The van der Waals surface area contributed by atoms with Gasteiger partial charge in [-0.3, -0.25) is 4.79 Å². The van der Waals surface area contributed by atoms with E-state index in [0.717, 1.165) is 8.26 Å². The zero-order valence-corrected chi connectivity index (χ0v) is 14.0. The SMILES string of the molecule is N#CCOc1ccc(NC(=O)c2cc(Br)c(Br)s2)cc1. The summed E-state index contributed by atoms with van der Waals surface area (Å²) in [5, 5.41) is 11.2. The smallest absolute Gasteiger partial charge is 0.265 e. The second kappa shape index (κ2) is 6.88. The maximum absolute atomic E-state index is 12.0. The van der Waals surface area contributed by atoms with E-state index >= 15 is 0 Å². The summed E-state index contributed by atoms with van der Waals surface area (Å²) >= 11 is 8.05.